The number of hydrogen-bond acceptors (Lipinski definition) is 2. The van der Waals surface area contributed by atoms with Crippen molar-refractivity contribution in [3.05, 3.63) is 0 Å². The Morgan fingerprint density at radius 1 is 0.875 bits per heavy atom. The fourth-order valence-electron chi connectivity index (χ4n) is 1.85. The maximum absolute atomic E-state index is 9.80. The average Bonchev–Trinajstić information content (AvgIpc) is 2.25. The van der Waals surface area contributed by atoms with E-state index in [4.69, 9.17) is 0 Å². The highest BCUT2D eigenvalue weighted by Gasteiger charge is 1.94. The van der Waals surface area contributed by atoms with Crippen molar-refractivity contribution in [2.75, 3.05) is 6.54 Å². The molecule has 0 radical (unpaired) electrons. The molecule has 16 heavy (non-hydrogen) atoms. The summed E-state index contributed by atoms with van der Waals surface area (Å²) in [6.45, 7) is 5.25. The molecule has 0 fully saturated rings. The predicted octanol–water partition coefficient (Wildman–Crippen LogP) is 4.49. The number of aliphatic imine (C=N–C) groups is 1. The van der Waals surface area contributed by atoms with Crippen molar-refractivity contribution >= 4 is 6.08 Å². The molecule has 0 aromatic rings. The van der Waals surface area contributed by atoms with Crippen molar-refractivity contribution in [1.82, 2.24) is 0 Å². The summed E-state index contributed by atoms with van der Waals surface area (Å²) >= 11 is 0. The van der Waals surface area contributed by atoms with Gasteiger partial charge >= 0.3 is 0 Å². The lowest BCUT2D eigenvalue weighted by molar-refractivity contribution is 0.507. The van der Waals surface area contributed by atoms with Crippen molar-refractivity contribution < 1.29 is 4.79 Å². The molecule has 0 aliphatic rings. The minimum atomic E-state index is 0.665. The lowest BCUT2D eigenvalue weighted by Gasteiger charge is -2.04. The van der Waals surface area contributed by atoms with Gasteiger partial charge in [-0.05, 0) is 12.3 Å². The number of nitrogens with zero attached hydrogens (tertiary/aromatic N) is 1. The second kappa shape index (κ2) is 12.4. The molecule has 0 aliphatic heterocycles. The third kappa shape index (κ3) is 13.4. The highest BCUT2D eigenvalue weighted by molar-refractivity contribution is 5.32. The number of unbranched alkanes of at least 4 members (excludes halogenated alkanes) is 7. The SMILES string of the molecule is CC(C)CCCCCCCCCCN=C=O. The van der Waals surface area contributed by atoms with Gasteiger partial charge < -0.3 is 0 Å². The Morgan fingerprint density at radius 3 is 1.88 bits per heavy atom. The highest BCUT2D eigenvalue weighted by Crippen LogP contribution is 2.12. The maximum atomic E-state index is 9.80. The first-order valence-electron chi connectivity index (χ1n) is 6.81. The molecule has 0 bridgehead atoms. The van der Waals surface area contributed by atoms with Crippen molar-refractivity contribution in [3.8, 4) is 0 Å². The lowest BCUT2D eigenvalue weighted by Crippen LogP contribution is -1.87. The summed E-state index contributed by atoms with van der Waals surface area (Å²) in [5.41, 5.74) is 0. The largest absolute Gasteiger partial charge is 0.234 e. The first kappa shape index (κ1) is 15.4. The molecule has 0 rings (SSSR count). The normalized spacial score (nSPS) is 10.4. The second-order valence-corrected chi connectivity index (χ2v) is 4.98. The summed E-state index contributed by atoms with van der Waals surface area (Å²) in [7, 11) is 0. The Hall–Kier alpha value is -0.620. The van der Waals surface area contributed by atoms with Crippen LogP contribution in [0.2, 0.25) is 0 Å². The van der Waals surface area contributed by atoms with Crippen molar-refractivity contribution in [1.29, 1.82) is 0 Å². The van der Waals surface area contributed by atoms with E-state index in [2.05, 4.69) is 18.8 Å². The summed E-state index contributed by atoms with van der Waals surface area (Å²) in [6, 6.07) is 0. The highest BCUT2D eigenvalue weighted by atomic mass is 16.1. The minimum absolute atomic E-state index is 0.665. The van der Waals surface area contributed by atoms with E-state index in [1.54, 1.807) is 6.08 Å². The van der Waals surface area contributed by atoms with E-state index in [9.17, 15) is 4.79 Å². The third-order valence-electron chi connectivity index (χ3n) is 2.87. The molecule has 2 heteroatoms. The van der Waals surface area contributed by atoms with Crippen molar-refractivity contribution in [3.63, 3.8) is 0 Å². The van der Waals surface area contributed by atoms with Gasteiger partial charge in [-0.2, -0.15) is 0 Å². The smallest absolute Gasteiger partial charge is 0.211 e. The van der Waals surface area contributed by atoms with Crippen LogP contribution in [0.4, 0.5) is 0 Å². The lowest BCUT2D eigenvalue weighted by atomic mass is 10.0. The summed E-state index contributed by atoms with van der Waals surface area (Å²) < 4.78 is 0. The summed E-state index contributed by atoms with van der Waals surface area (Å²) in [4.78, 5) is 13.3. The molecule has 0 heterocycles. The predicted molar refractivity (Wildman–Crippen MR) is 69.4 cm³/mol. The van der Waals surface area contributed by atoms with Gasteiger partial charge in [0.1, 0.15) is 0 Å². The van der Waals surface area contributed by atoms with Crippen LogP contribution in [0.15, 0.2) is 4.99 Å². The molecule has 0 aliphatic carbocycles. The fraction of sp³-hybridized carbons (Fsp3) is 0.929. The molecular formula is C14H27NO. The second-order valence-electron chi connectivity index (χ2n) is 4.98. The first-order valence-corrected chi connectivity index (χ1v) is 6.81. The van der Waals surface area contributed by atoms with E-state index in [0.717, 1.165) is 12.3 Å². The van der Waals surface area contributed by atoms with Gasteiger partial charge in [-0.25, -0.2) is 9.79 Å². The van der Waals surface area contributed by atoms with Crippen LogP contribution in [0.5, 0.6) is 0 Å². The van der Waals surface area contributed by atoms with E-state index in [1.165, 1.54) is 51.4 Å². The minimum Gasteiger partial charge on any atom is -0.211 e. The summed E-state index contributed by atoms with van der Waals surface area (Å²) in [5.74, 6) is 0.860. The summed E-state index contributed by atoms with van der Waals surface area (Å²) in [5, 5.41) is 0. The molecule has 0 aromatic heterocycles. The quantitative estimate of drug-likeness (QED) is 0.289. The molecule has 0 N–H and O–H groups in total. The Balaban J connectivity index is 2.96. The summed E-state index contributed by atoms with van der Waals surface area (Å²) in [6.07, 6.45) is 13.4. The number of hydrogen-bond donors (Lipinski definition) is 0. The van der Waals surface area contributed by atoms with Crippen LogP contribution in [-0.4, -0.2) is 12.6 Å². The molecule has 0 saturated heterocycles. The van der Waals surface area contributed by atoms with E-state index in [-0.39, 0.29) is 0 Å². The first-order chi connectivity index (χ1) is 7.77. The van der Waals surface area contributed by atoms with Gasteiger partial charge in [-0.15, -0.1) is 0 Å². The Kier molecular flexibility index (Phi) is 12.0. The zero-order valence-corrected chi connectivity index (χ0v) is 11.0. The third-order valence-corrected chi connectivity index (χ3v) is 2.87. The van der Waals surface area contributed by atoms with Gasteiger partial charge in [0, 0.05) is 0 Å². The average molecular weight is 225 g/mol. The Labute approximate surface area is 101 Å². The number of isocyanates is 1. The zero-order valence-electron chi connectivity index (χ0n) is 11.0. The van der Waals surface area contributed by atoms with Crippen molar-refractivity contribution in [2.45, 2.75) is 71.6 Å². The van der Waals surface area contributed by atoms with E-state index < -0.39 is 0 Å². The van der Waals surface area contributed by atoms with Crippen LogP contribution in [-0.2, 0) is 4.79 Å². The van der Waals surface area contributed by atoms with Crippen LogP contribution >= 0.6 is 0 Å². The van der Waals surface area contributed by atoms with Crippen LogP contribution in [0.1, 0.15) is 71.6 Å². The molecule has 2 nitrogen and oxygen atoms in total. The monoisotopic (exact) mass is 225 g/mol. The number of rotatable bonds is 11. The molecule has 0 amide bonds. The zero-order chi connectivity index (χ0) is 12.1. The number of carbonyl (C=O) groups excluding carboxylic acids is 1. The van der Waals surface area contributed by atoms with Gasteiger partial charge in [0.15, 0.2) is 0 Å². The topological polar surface area (TPSA) is 29.4 Å². The van der Waals surface area contributed by atoms with Gasteiger partial charge in [-0.1, -0.05) is 65.2 Å². The van der Waals surface area contributed by atoms with E-state index in [1.807, 2.05) is 0 Å². The maximum Gasteiger partial charge on any atom is 0.234 e. The van der Waals surface area contributed by atoms with Gasteiger partial charge in [0.2, 0.25) is 6.08 Å². The molecule has 0 unspecified atom stereocenters. The van der Waals surface area contributed by atoms with E-state index in [0.29, 0.717) is 6.54 Å². The molecule has 0 aromatic carbocycles. The molecule has 0 saturated carbocycles. The fourth-order valence-corrected chi connectivity index (χ4v) is 1.85. The molecule has 0 spiro atoms. The molecule has 94 valence electrons. The molecular weight excluding hydrogens is 198 g/mol. The van der Waals surface area contributed by atoms with Gasteiger partial charge in [0.25, 0.3) is 0 Å². The molecule has 0 atom stereocenters. The van der Waals surface area contributed by atoms with Crippen LogP contribution in [0, 0.1) is 5.92 Å². The van der Waals surface area contributed by atoms with Crippen LogP contribution < -0.4 is 0 Å². The standard InChI is InChI=1S/C14H27NO/c1-14(2)11-9-7-5-3-4-6-8-10-12-15-13-16/h14H,3-12H2,1-2H3. The van der Waals surface area contributed by atoms with Gasteiger partial charge in [-0.3, -0.25) is 0 Å². The van der Waals surface area contributed by atoms with E-state index >= 15 is 0 Å². The Bertz CT molecular complexity index is 183. The van der Waals surface area contributed by atoms with Crippen LogP contribution in [0.3, 0.4) is 0 Å². The van der Waals surface area contributed by atoms with Crippen molar-refractivity contribution in [2.24, 2.45) is 10.9 Å². The van der Waals surface area contributed by atoms with Gasteiger partial charge in [0.05, 0.1) is 6.54 Å². The Morgan fingerprint density at radius 2 is 1.38 bits per heavy atom. The van der Waals surface area contributed by atoms with Crippen LogP contribution in [0.25, 0.3) is 0 Å².